The van der Waals surface area contributed by atoms with E-state index in [1.165, 1.54) is 6.33 Å². The Labute approximate surface area is 150 Å². The minimum absolute atomic E-state index is 0.207. The Kier molecular flexibility index (Phi) is 5.08. The summed E-state index contributed by atoms with van der Waals surface area (Å²) in [7, 11) is 0. The van der Waals surface area contributed by atoms with E-state index in [9.17, 15) is 4.79 Å². The number of fused-ring (bicyclic) bond motifs is 1. The van der Waals surface area contributed by atoms with Crippen LogP contribution in [0.25, 0.3) is 5.78 Å². The highest BCUT2D eigenvalue weighted by molar-refractivity contribution is 7.11. The second-order valence-electron chi connectivity index (χ2n) is 6.24. The molecule has 0 atom stereocenters. The lowest BCUT2D eigenvalue weighted by atomic mass is 10.1. The Bertz CT molecular complexity index is 898. The van der Waals surface area contributed by atoms with E-state index in [-0.39, 0.29) is 11.8 Å². The van der Waals surface area contributed by atoms with Gasteiger partial charge in [0, 0.05) is 4.88 Å². The highest BCUT2D eigenvalue weighted by atomic mass is 32.1. The SMILES string of the molecule is CCCc1nc(C)c(CNC(=O)c2cc(C(C)C)n3ncnc3n2)s1. The van der Waals surface area contributed by atoms with Crippen LogP contribution in [0.3, 0.4) is 0 Å². The lowest BCUT2D eigenvalue weighted by molar-refractivity contribution is 0.0946. The van der Waals surface area contributed by atoms with Crippen molar-refractivity contribution >= 4 is 23.0 Å². The number of amides is 1. The highest BCUT2D eigenvalue weighted by Crippen LogP contribution is 2.20. The Morgan fingerprint density at radius 1 is 1.36 bits per heavy atom. The second-order valence-corrected chi connectivity index (χ2v) is 7.41. The van der Waals surface area contributed by atoms with Crippen molar-refractivity contribution in [2.75, 3.05) is 0 Å². The molecule has 0 saturated heterocycles. The summed E-state index contributed by atoms with van der Waals surface area (Å²) >= 11 is 1.66. The maximum absolute atomic E-state index is 12.6. The fraction of sp³-hybridized carbons (Fsp3) is 0.471. The van der Waals surface area contributed by atoms with Gasteiger partial charge in [-0.05, 0) is 31.7 Å². The summed E-state index contributed by atoms with van der Waals surface area (Å²) in [6.07, 6.45) is 3.49. The van der Waals surface area contributed by atoms with Crippen LogP contribution in [0, 0.1) is 6.92 Å². The molecular weight excluding hydrogens is 336 g/mol. The van der Waals surface area contributed by atoms with Crippen molar-refractivity contribution in [1.82, 2.24) is 29.9 Å². The zero-order valence-electron chi connectivity index (χ0n) is 14.9. The van der Waals surface area contributed by atoms with Gasteiger partial charge in [-0.25, -0.2) is 14.5 Å². The predicted octanol–water partition coefficient (Wildman–Crippen LogP) is 2.90. The molecule has 0 aliphatic rings. The molecule has 3 aromatic heterocycles. The van der Waals surface area contributed by atoms with Gasteiger partial charge in [-0.15, -0.1) is 11.3 Å². The molecule has 3 heterocycles. The topological polar surface area (TPSA) is 85.1 Å². The van der Waals surface area contributed by atoms with Gasteiger partial charge in [-0.3, -0.25) is 4.79 Å². The maximum Gasteiger partial charge on any atom is 0.270 e. The van der Waals surface area contributed by atoms with Crippen LogP contribution in [0.2, 0.25) is 0 Å². The van der Waals surface area contributed by atoms with Crippen LogP contribution in [0.15, 0.2) is 12.4 Å². The summed E-state index contributed by atoms with van der Waals surface area (Å²) in [5.41, 5.74) is 2.25. The zero-order chi connectivity index (χ0) is 18.0. The zero-order valence-corrected chi connectivity index (χ0v) is 15.7. The average molecular weight is 358 g/mol. The molecule has 0 unspecified atom stereocenters. The van der Waals surface area contributed by atoms with Gasteiger partial charge in [0.2, 0.25) is 0 Å². The van der Waals surface area contributed by atoms with Crippen LogP contribution >= 0.6 is 11.3 Å². The molecule has 25 heavy (non-hydrogen) atoms. The molecule has 0 radical (unpaired) electrons. The van der Waals surface area contributed by atoms with E-state index in [2.05, 4.69) is 32.3 Å². The molecule has 0 aromatic carbocycles. The molecule has 132 valence electrons. The molecular formula is C17H22N6OS. The lowest BCUT2D eigenvalue weighted by Crippen LogP contribution is -2.24. The van der Waals surface area contributed by atoms with Gasteiger partial charge in [0.1, 0.15) is 12.0 Å². The standard InChI is InChI=1S/C17H22N6OS/c1-5-6-15-21-11(4)14(25-15)8-18-16(24)12-7-13(10(2)3)23-17(22-12)19-9-20-23/h7,9-10H,5-6,8H2,1-4H3,(H,18,24). The summed E-state index contributed by atoms with van der Waals surface area (Å²) in [6, 6.07) is 1.78. The number of carbonyl (C=O) groups excluding carboxylic acids is 1. The molecule has 0 aliphatic carbocycles. The molecule has 7 nitrogen and oxygen atoms in total. The molecule has 8 heteroatoms. The maximum atomic E-state index is 12.6. The first-order valence-corrected chi connectivity index (χ1v) is 9.25. The number of carbonyl (C=O) groups is 1. The number of aromatic nitrogens is 5. The molecule has 0 saturated carbocycles. The predicted molar refractivity (Wildman–Crippen MR) is 96.9 cm³/mol. The van der Waals surface area contributed by atoms with Gasteiger partial charge in [0.25, 0.3) is 11.7 Å². The van der Waals surface area contributed by atoms with Crippen molar-refractivity contribution in [3.8, 4) is 0 Å². The van der Waals surface area contributed by atoms with Crippen LogP contribution in [-0.2, 0) is 13.0 Å². The molecule has 1 amide bonds. The van der Waals surface area contributed by atoms with E-state index >= 15 is 0 Å². The number of rotatable bonds is 6. The second kappa shape index (κ2) is 7.26. The van der Waals surface area contributed by atoms with Crippen LogP contribution in [-0.4, -0.2) is 30.5 Å². The van der Waals surface area contributed by atoms with E-state index in [1.807, 2.05) is 20.8 Å². The Balaban J connectivity index is 1.78. The fourth-order valence-electron chi connectivity index (χ4n) is 2.59. The first kappa shape index (κ1) is 17.5. The number of thiazole rings is 1. The first-order chi connectivity index (χ1) is 12.0. The number of nitrogens with one attached hydrogen (secondary N) is 1. The van der Waals surface area contributed by atoms with Crippen LogP contribution in [0.1, 0.15) is 64.9 Å². The Morgan fingerprint density at radius 3 is 2.88 bits per heavy atom. The van der Waals surface area contributed by atoms with E-state index < -0.39 is 0 Å². The molecule has 0 fully saturated rings. The molecule has 0 bridgehead atoms. The minimum atomic E-state index is -0.211. The monoisotopic (exact) mass is 358 g/mol. The summed E-state index contributed by atoms with van der Waals surface area (Å²) in [5.74, 6) is 0.437. The van der Waals surface area contributed by atoms with E-state index in [1.54, 1.807) is 21.9 Å². The summed E-state index contributed by atoms with van der Waals surface area (Å²) < 4.78 is 1.67. The van der Waals surface area contributed by atoms with Crippen molar-refractivity contribution in [2.45, 2.75) is 53.0 Å². The Hall–Kier alpha value is -2.35. The average Bonchev–Trinajstić information content (AvgIpc) is 3.18. The van der Waals surface area contributed by atoms with Crippen molar-refractivity contribution < 1.29 is 4.79 Å². The quantitative estimate of drug-likeness (QED) is 0.732. The van der Waals surface area contributed by atoms with Gasteiger partial charge in [0.05, 0.1) is 22.9 Å². The van der Waals surface area contributed by atoms with Crippen molar-refractivity contribution in [3.63, 3.8) is 0 Å². The number of aryl methyl sites for hydroxylation is 2. The van der Waals surface area contributed by atoms with Crippen molar-refractivity contribution in [3.05, 3.63) is 39.4 Å². The van der Waals surface area contributed by atoms with E-state index in [4.69, 9.17) is 0 Å². The Morgan fingerprint density at radius 2 is 2.16 bits per heavy atom. The van der Waals surface area contributed by atoms with Gasteiger partial charge in [-0.1, -0.05) is 20.8 Å². The third-order valence-electron chi connectivity index (χ3n) is 3.91. The largest absolute Gasteiger partial charge is 0.346 e. The van der Waals surface area contributed by atoms with Gasteiger partial charge in [0.15, 0.2) is 0 Å². The molecule has 1 N–H and O–H groups in total. The minimum Gasteiger partial charge on any atom is -0.346 e. The van der Waals surface area contributed by atoms with Gasteiger partial charge in [-0.2, -0.15) is 10.1 Å². The van der Waals surface area contributed by atoms with E-state index in [0.29, 0.717) is 18.0 Å². The number of hydrogen-bond acceptors (Lipinski definition) is 6. The molecule has 3 aromatic rings. The summed E-state index contributed by atoms with van der Waals surface area (Å²) in [6.45, 7) is 8.68. The number of hydrogen-bond donors (Lipinski definition) is 1. The smallest absolute Gasteiger partial charge is 0.270 e. The highest BCUT2D eigenvalue weighted by Gasteiger charge is 2.16. The van der Waals surface area contributed by atoms with Gasteiger partial charge < -0.3 is 5.32 Å². The molecule has 3 rings (SSSR count). The van der Waals surface area contributed by atoms with Crippen molar-refractivity contribution in [2.24, 2.45) is 0 Å². The summed E-state index contributed by atoms with van der Waals surface area (Å²) in [4.78, 5) is 26.6. The first-order valence-electron chi connectivity index (χ1n) is 8.43. The van der Waals surface area contributed by atoms with Crippen LogP contribution < -0.4 is 5.32 Å². The lowest BCUT2D eigenvalue weighted by Gasteiger charge is -2.10. The van der Waals surface area contributed by atoms with Crippen LogP contribution in [0.5, 0.6) is 0 Å². The van der Waals surface area contributed by atoms with Crippen LogP contribution in [0.4, 0.5) is 0 Å². The third-order valence-corrected chi connectivity index (χ3v) is 5.13. The van der Waals surface area contributed by atoms with Gasteiger partial charge >= 0.3 is 0 Å². The van der Waals surface area contributed by atoms with E-state index in [0.717, 1.165) is 34.1 Å². The third kappa shape index (κ3) is 3.68. The molecule has 0 spiro atoms. The molecule has 0 aliphatic heterocycles. The number of nitrogens with zero attached hydrogens (tertiary/aromatic N) is 5. The summed E-state index contributed by atoms with van der Waals surface area (Å²) in [5, 5.41) is 8.24. The fourth-order valence-corrected chi connectivity index (χ4v) is 3.70. The normalized spacial score (nSPS) is 11.4. The van der Waals surface area contributed by atoms with Crippen molar-refractivity contribution in [1.29, 1.82) is 0 Å².